The first-order valence-corrected chi connectivity index (χ1v) is 10.8. The Morgan fingerprint density at radius 1 is 0.829 bits per heavy atom. The molecule has 11 heteroatoms. The molecule has 0 aliphatic rings. The molecule has 0 saturated carbocycles. The molecule has 10 nitrogen and oxygen atoms in total. The van der Waals surface area contributed by atoms with E-state index in [2.05, 4.69) is 9.97 Å². The lowest BCUT2D eigenvalue weighted by atomic mass is 10.3. The van der Waals surface area contributed by atoms with Gasteiger partial charge in [0.2, 0.25) is 0 Å². The highest BCUT2D eigenvalue weighted by atomic mass is 35.5. The molecule has 35 heavy (non-hydrogen) atoms. The molecule has 0 amide bonds. The van der Waals surface area contributed by atoms with E-state index in [1.54, 1.807) is 39.8 Å². The topological polar surface area (TPSA) is 131 Å². The van der Waals surface area contributed by atoms with Crippen molar-refractivity contribution in [2.24, 2.45) is 0 Å². The highest BCUT2D eigenvalue weighted by Gasteiger charge is 2.13. The van der Waals surface area contributed by atoms with E-state index < -0.39 is 16.9 Å². The van der Waals surface area contributed by atoms with Gasteiger partial charge in [-0.05, 0) is 58.0 Å². The Kier molecular flexibility index (Phi) is 10.1. The molecular formula is C24H24ClN3O7. The van der Waals surface area contributed by atoms with Crippen molar-refractivity contribution in [2.45, 2.75) is 39.9 Å². The number of benzene rings is 1. The summed E-state index contributed by atoms with van der Waals surface area (Å²) >= 11 is 5.68. The van der Waals surface area contributed by atoms with Crippen molar-refractivity contribution in [3.8, 4) is 11.5 Å². The fourth-order valence-electron chi connectivity index (χ4n) is 2.42. The summed E-state index contributed by atoms with van der Waals surface area (Å²) in [5, 5.41) is 11.1. The number of carbonyl (C=O) groups excluding carboxylic acids is 2. The van der Waals surface area contributed by atoms with Crippen molar-refractivity contribution in [1.29, 1.82) is 0 Å². The third-order valence-corrected chi connectivity index (χ3v) is 4.08. The van der Waals surface area contributed by atoms with Crippen LogP contribution in [0.2, 0.25) is 5.02 Å². The van der Waals surface area contributed by atoms with Gasteiger partial charge in [-0.1, -0.05) is 11.6 Å². The van der Waals surface area contributed by atoms with E-state index in [4.69, 9.17) is 25.8 Å². The predicted molar refractivity (Wildman–Crippen MR) is 128 cm³/mol. The molecule has 0 unspecified atom stereocenters. The van der Waals surface area contributed by atoms with Crippen molar-refractivity contribution < 1.29 is 28.7 Å². The molecule has 3 aromatic rings. The fraction of sp³-hybridized carbons (Fsp3) is 0.250. The highest BCUT2D eigenvalue weighted by molar-refractivity contribution is 6.30. The van der Waals surface area contributed by atoms with Crippen LogP contribution in [-0.2, 0) is 9.47 Å². The van der Waals surface area contributed by atoms with Gasteiger partial charge < -0.3 is 14.2 Å². The van der Waals surface area contributed by atoms with Crippen LogP contribution in [0.4, 0.5) is 5.69 Å². The molecular weight excluding hydrogens is 478 g/mol. The van der Waals surface area contributed by atoms with Crippen molar-refractivity contribution in [3.05, 3.63) is 87.4 Å². The quantitative estimate of drug-likeness (QED) is 0.229. The number of pyridine rings is 2. The molecule has 0 atom stereocenters. The van der Waals surface area contributed by atoms with Gasteiger partial charge in [0.1, 0.15) is 17.2 Å². The number of halogens is 1. The number of hydrogen-bond donors (Lipinski definition) is 0. The standard InChI is InChI=1S/C15H14N2O5.C9H10ClNO2/c1-10(2)21-15(18)14-9-13(7-8-16-14)22-12-5-3-11(4-6-12)17(19)20;1-6(2)13-9(12)8-5-7(10)3-4-11-8/h3-10H,1-2H3;3-6H,1-2H3. The Morgan fingerprint density at radius 3 is 1.83 bits per heavy atom. The minimum Gasteiger partial charge on any atom is -0.458 e. The maximum atomic E-state index is 11.8. The third kappa shape index (κ3) is 9.38. The van der Waals surface area contributed by atoms with Gasteiger partial charge in [-0.15, -0.1) is 0 Å². The Hall–Kier alpha value is -4.05. The van der Waals surface area contributed by atoms with E-state index in [0.29, 0.717) is 16.5 Å². The smallest absolute Gasteiger partial charge is 0.357 e. The number of nitro benzene ring substituents is 1. The first-order chi connectivity index (χ1) is 16.5. The number of nitro groups is 1. The first-order valence-electron chi connectivity index (χ1n) is 10.5. The third-order valence-electron chi connectivity index (χ3n) is 3.84. The Balaban J connectivity index is 0.000000283. The summed E-state index contributed by atoms with van der Waals surface area (Å²) < 4.78 is 15.5. The van der Waals surface area contributed by atoms with Gasteiger partial charge in [0.25, 0.3) is 5.69 Å². The average molecular weight is 502 g/mol. The van der Waals surface area contributed by atoms with Gasteiger partial charge in [0.05, 0.1) is 17.1 Å². The van der Waals surface area contributed by atoms with Crippen LogP contribution in [-0.4, -0.2) is 39.0 Å². The van der Waals surface area contributed by atoms with Gasteiger partial charge in [-0.25, -0.2) is 19.6 Å². The van der Waals surface area contributed by atoms with Gasteiger partial charge >= 0.3 is 11.9 Å². The summed E-state index contributed by atoms with van der Waals surface area (Å²) in [6, 6.07) is 11.7. The van der Waals surface area contributed by atoms with Gasteiger partial charge in [-0.2, -0.15) is 0 Å². The Labute approximate surface area is 207 Å². The predicted octanol–water partition coefficient (Wildman–Crippen LogP) is 5.65. The van der Waals surface area contributed by atoms with Crippen LogP contribution in [0.25, 0.3) is 0 Å². The van der Waals surface area contributed by atoms with Crippen LogP contribution < -0.4 is 4.74 Å². The molecule has 1 aromatic carbocycles. The van der Waals surface area contributed by atoms with Crippen LogP contribution in [0.15, 0.2) is 60.9 Å². The summed E-state index contributed by atoms with van der Waals surface area (Å²) in [4.78, 5) is 40.9. The summed E-state index contributed by atoms with van der Waals surface area (Å²) in [6.45, 7) is 7.05. The molecule has 2 aromatic heterocycles. The zero-order valence-corrected chi connectivity index (χ0v) is 20.3. The van der Waals surface area contributed by atoms with E-state index in [1.165, 1.54) is 48.8 Å². The molecule has 0 spiro atoms. The van der Waals surface area contributed by atoms with Crippen LogP contribution in [0, 0.1) is 10.1 Å². The second-order valence-corrected chi connectivity index (χ2v) is 7.93. The number of rotatable bonds is 7. The Bertz CT molecular complexity index is 1170. The molecule has 2 heterocycles. The first kappa shape index (κ1) is 27.2. The van der Waals surface area contributed by atoms with E-state index >= 15 is 0 Å². The number of hydrogen-bond acceptors (Lipinski definition) is 9. The Morgan fingerprint density at radius 2 is 1.34 bits per heavy atom. The maximum Gasteiger partial charge on any atom is 0.357 e. The second-order valence-electron chi connectivity index (χ2n) is 7.50. The molecule has 0 saturated heterocycles. The normalized spacial score (nSPS) is 10.3. The summed E-state index contributed by atoms with van der Waals surface area (Å²) in [7, 11) is 0. The number of esters is 2. The van der Waals surface area contributed by atoms with Crippen molar-refractivity contribution >= 4 is 29.2 Å². The molecule has 3 rings (SSSR count). The maximum absolute atomic E-state index is 11.8. The van der Waals surface area contributed by atoms with Crippen molar-refractivity contribution in [1.82, 2.24) is 9.97 Å². The van der Waals surface area contributed by atoms with Gasteiger partial charge in [-0.3, -0.25) is 10.1 Å². The van der Waals surface area contributed by atoms with Crippen molar-refractivity contribution in [3.63, 3.8) is 0 Å². The zero-order chi connectivity index (χ0) is 26.0. The lowest BCUT2D eigenvalue weighted by Gasteiger charge is -2.09. The summed E-state index contributed by atoms with van der Waals surface area (Å²) in [5.74, 6) is -0.179. The second kappa shape index (κ2) is 13.0. The van der Waals surface area contributed by atoms with Crippen LogP contribution >= 0.6 is 11.6 Å². The van der Waals surface area contributed by atoms with Crippen LogP contribution in [0.5, 0.6) is 11.5 Å². The lowest BCUT2D eigenvalue weighted by Crippen LogP contribution is -2.12. The minimum atomic E-state index is -0.538. The molecule has 0 radical (unpaired) electrons. The number of carbonyl (C=O) groups is 2. The number of ether oxygens (including phenoxy) is 3. The zero-order valence-electron chi connectivity index (χ0n) is 19.5. The van der Waals surface area contributed by atoms with Crippen LogP contribution in [0.1, 0.15) is 48.7 Å². The van der Waals surface area contributed by atoms with Gasteiger partial charge in [0.15, 0.2) is 5.69 Å². The molecule has 0 bridgehead atoms. The molecule has 0 aliphatic heterocycles. The van der Waals surface area contributed by atoms with E-state index in [1.807, 2.05) is 0 Å². The van der Waals surface area contributed by atoms with Gasteiger partial charge in [0, 0.05) is 35.6 Å². The van der Waals surface area contributed by atoms with Crippen LogP contribution in [0.3, 0.4) is 0 Å². The number of aromatic nitrogens is 2. The number of nitrogens with zero attached hydrogens (tertiary/aromatic N) is 3. The molecule has 0 N–H and O–H groups in total. The number of non-ortho nitro benzene ring substituents is 1. The minimum absolute atomic E-state index is 0.0247. The molecule has 0 aliphatic carbocycles. The van der Waals surface area contributed by atoms with E-state index in [0.717, 1.165) is 0 Å². The molecule has 184 valence electrons. The fourth-order valence-corrected chi connectivity index (χ4v) is 2.58. The lowest BCUT2D eigenvalue weighted by molar-refractivity contribution is -0.384. The SMILES string of the molecule is CC(C)OC(=O)c1cc(Cl)ccn1.CC(C)OC(=O)c1cc(Oc2ccc([N+](=O)[O-])cc2)ccn1. The summed E-state index contributed by atoms with van der Waals surface area (Å²) in [6.07, 6.45) is 2.51. The molecule has 0 fully saturated rings. The average Bonchev–Trinajstić information content (AvgIpc) is 2.79. The van der Waals surface area contributed by atoms with Crippen molar-refractivity contribution in [2.75, 3.05) is 0 Å². The monoisotopic (exact) mass is 501 g/mol. The van der Waals surface area contributed by atoms with E-state index in [9.17, 15) is 19.7 Å². The summed E-state index contributed by atoms with van der Waals surface area (Å²) in [5.41, 5.74) is 0.345. The highest BCUT2D eigenvalue weighted by Crippen LogP contribution is 2.24. The largest absolute Gasteiger partial charge is 0.458 e. The van der Waals surface area contributed by atoms with E-state index in [-0.39, 0.29) is 29.3 Å².